The first-order chi connectivity index (χ1) is 22.8. The summed E-state index contributed by atoms with van der Waals surface area (Å²) >= 11 is 0. The average molecular weight is 694 g/mol. The lowest BCUT2D eigenvalue weighted by Crippen LogP contribution is -2.60. The van der Waals surface area contributed by atoms with E-state index in [0.717, 1.165) is 5.71 Å². The summed E-state index contributed by atoms with van der Waals surface area (Å²) in [5.41, 5.74) is -1.41. The van der Waals surface area contributed by atoms with Crippen LogP contribution in [0.25, 0.3) is 0 Å². The first kappa shape index (κ1) is 39.2. The SMILES string of the molecule is CC[C@H]1OC(=O)[C@H](C)C(=O)[C@H](C)[C@@H](O[C@@H]2O[C@H](C)C[C@H](N(C)C)[C@H]2OC(C)=O)[C@](C)(OC)C[C@@H](C)C2=N[C@H](C)CN3C(=O)O[C@@]1(C)[C@H]3[C@H]2C. The molecule has 0 aromatic carbocycles. The third-order valence-corrected chi connectivity index (χ3v) is 11.3. The summed E-state index contributed by atoms with van der Waals surface area (Å²) in [6, 6.07) is -0.905. The van der Waals surface area contributed by atoms with E-state index in [-0.39, 0.29) is 30.0 Å². The predicted molar refractivity (Wildman–Crippen MR) is 181 cm³/mol. The molecule has 3 saturated heterocycles. The Morgan fingerprint density at radius 3 is 2.29 bits per heavy atom. The molecule has 0 aromatic heterocycles. The number of ketones is 1. The molecule has 4 aliphatic heterocycles. The fourth-order valence-corrected chi connectivity index (χ4v) is 8.80. The van der Waals surface area contributed by atoms with Crippen LogP contribution in [-0.4, -0.2) is 127 Å². The third-order valence-electron chi connectivity index (χ3n) is 11.3. The molecule has 4 rings (SSSR count). The smallest absolute Gasteiger partial charge is 0.411 e. The highest BCUT2D eigenvalue weighted by Crippen LogP contribution is 2.44. The summed E-state index contributed by atoms with van der Waals surface area (Å²) in [6.45, 7) is 18.5. The van der Waals surface area contributed by atoms with Crippen molar-refractivity contribution in [1.82, 2.24) is 9.80 Å². The van der Waals surface area contributed by atoms with Gasteiger partial charge in [-0.1, -0.05) is 27.7 Å². The number of rotatable bonds is 6. The number of carbonyl (C=O) groups excluding carboxylic acids is 4. The van der Waals surface area contributed by atoms with Crippen LogP contribution >= 0.6 is 0 Å². The molecular weight excluding hydrogens is 634 g/mol. The van der Waals surface area contributed by atoms with Crippen LogP contribution in [0.5, 0.6) is 0 Å². The first-order valence-corrected chi connectivity index (χ1v) is 17.8. The minimum Gasteiger partial charge on any atom is -0.458 e. The van der Waals surface area contributed by atoms with Crippen molar-refractivity contribution >= 4 is 29.5 Å². The van der Waals surface area contributed by atoms with Crippen molar-refractivity contribution < 1.29 is 47.6 Å². The Bertz CT molecular complexity index is 1290. The number of carbonyl (C=O) groups is 4. The molecule has 0 N–H and O–H groups in total. The Kier molecular flexibility index (Phi) is 11.9. The second-order valence-electron chi connectivity index (χ2n) is 15.4. The molecule has 0 unspecified atom stereocenters. The highest BCUT2D eigenvalue weighted by atomic mass is 16.7. The molecule has 49 heavy (non-hydrogen) atoms. The van der Waals surface area contributed by atoms with E-state index >= 15 is 0 Å². The lowest BCUT2D eigenvalue weighted by molar-refractivity contribution is -0.297. The standard InChI is InChI=1S/C36H59N3O10/c1-14-26-36(10)30-21(5)27(37-19(3)17-39(30)34(43)49-36)18(2)16-35(9,44-13)31(22(6)28(41)23(7)32(42)47-26)48-33-29(46-24(8)40)25(38(11)12)15-20(4)45-33/h18-23,25-26,29-31,33H,14-17H2,1-13H3/t18-,19-,20-,21+,22+,23-,25+,26-,29-,30-,31-,33+,35-,36-/m1/s1. The number of aliphatic imine (C=N–C) groups is 1. The van der Waals surface area contributed by atoms with Crippen molar-refractivity contribution in [2.24, 2.45) is 28.7 Å². The maximum Gasteiger partial charge on any atom is 0.411 e. The lowest BCUT2D eigenvalue weighted by atomic mass is 9.73. The van der Waals surface area contributed by atoms with Crippen molar-refractivity contribution in [1.29, 1.82) is 0 Å². The Labute approximate surface area is 291 Å². The van der Waals surface area contributed by atoms with E-state index in [1.807, 2.05) is 60.5 Å². The van der Waals surface area contributed by atoms with Crippen molar-refractivity contribution in [2.45, 2.75) is 149 Å². The third kappa shape index (κ3) is 7.55. The average Bonchev–Trinajstić information content (AvgIpc) is 3.18. The number of fused-ring (bicyclic) bond motifs is 1. The van der Waals surface area contributed by atoms with Gasteiger partial charge in [0, 0.05) is 38.1 Å². The van der Waals surface area contributed by atoms with Gasteiger partial charge in [0.15, 0.2) is 23.8 Å². The zero-order valence-corrected chi connectivity index (χ0v) is 31.7. The van der Waals surface area contributed by atoms with Gasteiger partial charge in [0.2, 0.25) is 0 Å². The van der Waals surface area contributed by atoms with E-state index in [2.05, 4.69) is 6.92 Å². The molecule has 0 saturated carbocycles. The molecule has 3 fully saturated rings. The van der Waals surface area contributed by atoms with Gasteiger partial charge in [0.25, 0.3) is 0 Å². The van der Waals surface area contributed by atoms with E-state index in [1.165, 1.54) is 13.8 Å². The van der Waals surface area contributed by atoms with Gasteiger partial charge in [-0.15, -0.1) is 0 Å². The highest BCUT2D eigenvalue weighted by Gasteiger charge is 2.61. The topological polar surface area (TPSA) is 142 Å². The summed E-state index contributed by atoms with van der Waals surface area (Å²) in [6.07, 6.45) is -2.92. The van der Waals surface area contributed by atoms with Gasteiger partial charge in [-0.05, 0) is 73.9 Å². The van der Waals surface area contributed by atoms with Crippen LogP contribution < -0.4 is 0 Å². The molecule has 0 spiro atoms. The van der Waals surface area contributed by atoms with Gasteiger partial charge in [-0.3, -0.25) is 24.3 Å². The fraction of sp³-hybridized carbons (Fsp3) is 0.861. The summed E-state index contributed by atoms with van der Waals surface area (Å²) in [5.74, 6) is -4.09. The maximum atomic E-state index is 14.3. The summed E-state index contributed by atoms with van der Waals surface area (Å²) in [7, 11) is 5.39. The molecule has 2 bridgehead atoms. The molecule has 278 valence electrons. The number of amides is 1. The second kappa shape index (κ2) is 14.9. The van der Waals surface area contributed by atoms with Crippen LogP contribution in [0.4, 0.5) is 4.79 Å². The van der Waals surface area contributed by atoms with Crippen LogP contribution in [-0.2, 0) is 42.8 Å². The van der Waals surface area contributed by atoms with E-state index in [0.29, 0.717) is 25.8 Å². The summed E-state index contributed by atoms with van der Waals surface area (Å²) in [4.78, 5) is 62.7. The monoisotopic (exact) mass is 693 g/mol. The Balaban J connectivity index is 1.85. The number of hydrogen-bond acceptors (Lipinski definition) is 12. The molecule has 4 heterocycles. The van der Waals surface area contributed by atoms with Crippen LogP contribution in [0, 0.1) is 23.7 Å². The number of likely N-dealkylation sites (N-methyl/N-ethyl adjacent to an activating group) is 1. The van der Waals surface area contributed by atoms with E-state index < -0.39 is 77.5 Å². The van der Waals surface area contributed by atoms with Crippen LogP contribution in [0.3, 0.4) is 0 Å². The minimum atomic E-state index is -1.18. The van der Waals surface area contributed by atoms with Crippen LogP contribution in [0.2, 0.25) is 0 Å². The quantitative estimate of drug-likeness (QED) is 0.226. The van der Waals surface area contributed by atoms with Gasteiger partial charge >= 0.3 is 18.0 Å². The number of nitrogens with zero attached hydrogens (tertiary/aromatic N) is 3. The molecular formula is C36H59N3O10. The van der Waals surface area contributed by atoms with Crippen LogP contribution in [0.15, 0.2) is 4.99 Å². The second-order valence-corrected chi connectivity index (χ2v) is 15.4. The minimum absolute atomic E-state index is 0.191. The normalized spacial score (nSPS) is 43.7. The van der Waals surface area contributed by atoms with E-state index in [9.17, 15) is 19.2 Å². The van der Waals surface area contributed by atoms with Gasteiger partial charge in [0.05, 0.1) is 35.9 Å². The number of methoxy groups -OCH3 is 1. The number of esters is 2. The molecule has 14 atom stereocenters. The number of ether oxygens (including phenoxy) is 6. The molecule has 0 aliphatic carbocycles. The van der Waals surface area contributed by atoms with Crippen molar-refractivity contribution in [2.75, 3.05) is 27.7 Å². The van der Waals surface area contributed by atoms with Crippen molar-refractivity contribution in [3.63, 3.8) is 0 Å². The Hall–Kier alpha value is -2.61. The van der Waals surface area contributed by atoms with Gasteiger partial charge in [0.1, 0.15) is 12.0 Å². The molecule has 1 amide bonds. The Morgan fingerprint density at radius 1 is 1.06 bits per heavy atom. The molecule has 13 nitrogen and oxygen atoms in total. The molecule has 0 radical (unpaired) electrons. The lowest BCUT2D eigenvalue weighted by Gasteiger charge is -2.48. The molecule has 13 heteroatoms. The summed E-state index contributed by atoms with van der Waals surface area (Å²) < 4.78 is 37.5. The molecule has 4 aliphatic rings. The van der Waals surface area contributed by atoms with Crippen molar-refractivity contribution in [3.8, 4) is 0 Å². The van der Waals surface area contributed by atoms with E-state index in [1.54, 1.807) is 18.9 Å². The van der Waals surface area contributed by atoms with Gasteiger partial charge in [-0.25, -0.2) is 4.79 Å². The van der Waals surface area contributed by atoms with Gasteiger partial charge < -0.3 is 33.3 Å². The number of cyclic esters (lactones) is 1. The van der Waals surface area contributed by atoms with Gasteiger partial charge in [-0.2, -0.15) is 0 Å². The maximum absolute atomic E-state index is 14.3. The fourth-order valence-electron chi connectivity index (χ4n) is 8.80. The molecule has 0 aromatic rings. The largest absolute Gasteiger partial charge is 0.458 e. The number of Topliss-reactive ketones (excluding diaryl/α,β-unsaturated/α-hetero) is 1. The van der Waals surface area contributed by atoms with Crippen molar-refractivity contribution in [3.05, 3.63) is 0 Å². The first-order valence-electron chi connectivity index (χ1n) is 17.8. The zero-order chi connectivity index (χ0) is 36.7. The zero-order valence-electron chi connectivity index (χ0n) is 31.7. The van der Waals surface area contributed by atoms with Crippen LogP contribution in [0.1, 0.15) is 88.5 Å². The number of hydrogen-bond donors (Lipinski definition) is 0. The Morgan fingerprint density at radius 2 is 1.71 bits per heavy atom. The van der Waals surface area contributed by atoms with E-state index in [4.69, 9.17) is 33.4 Å². The predicted octanol–water partition coefficient (Wildman–Crippen LogP) is 4.04. The summed E-state index contributed by atoms with van der Waals surface area (Å²) in [5, 5.41) is 0. The highest BCUT2D eigenvalue weighted by molar-refractivity contribution is 6.00.